The van der Waals surface area contributed by atoms with Crippen LogP contribution >= 0.6 is 0 Å². The summed E-state index contributed by atoms with van der Waals surface area (Å²) in [7, 11) is 4.27. The molecule has 3 unspecified atom stereocenters. The van der Waals surface area contributed by atoms with Crippen LogP contribution in [0.1, 0.15) is 39.4 Å². The number of methoxy groups -OCH3 is 3. The van der Waals surface area contributed by atoms with Crippen LogP contribution in [0.25, 0.3) is 0 Å². The van der Waals surface area contributed by atoms with Gasteiger partial charge in [0.2, 0.25) is 0 Å². The molecule has 0 spiro atoms. The molecule has 0 radical (unpaired) electrons. The van der Waals surface area contributed by atoms with E-state index in [2.05, 4.69) is 0 Å². The largest absolute Gasteiger partial charge is 0.496 e. The van der Waals surface area contributed by atoms with Gasteiger partial charge in [-0.15, -0.1) is 0 Å². The van der Waals surface area contributed by atoms with E-state index in [1.165, 1.54) is 28.3 Å². The third-order valence-corrected chi connectivity index (χ3v) is 5.03. The quantitative estimate of drug-likeness (QED) is 0.360. The fourth-order valence-electron chi connectivity index (χ4n) is 3.77. The van der Waals surface area contributed by atoms with Crippen molar-refractivity contribution in [3.8, 4) is 17.2 Å². The zero-order valence-corrected chi connectivity index (χ0v) is 20.6. The van der Waals surface area contributed by atoms with Crippen molar-refractivity contribution in [2.24, 2.45) is 0 Å². The highest BCUT2D eigenvalue weighted by atomic mass is 16.7. The summed E-state index contributed by atoms with van der Waals surface area (Å²) in [6, 6.07) is 3.12. The second-order valence-corrected chi connectivity index (χ2v) is 7.57. The van der Waals surface area contributed by atoms with E-state index in [0.29, 0.717) is 11.3 Å². The van der Waals surface area contributed by atoms with Crippen LogP contribution in [0.2, 0.25) is 0 Å². The van der Waals surface area contributed by atoms with E-state index in [-0.39, 0.29) is 18.1 Å². The Bertz CT molecular complexity index is 917. The van der Waals surface area contributed by atoms with Gasteiger partial charge in [0, 0.05) is 39.8 Å². The molecule has 0 bridgehead atoms. The maximum absolute atomic E-state index is 12.1. The average Bonchev–Trinajstić information content (AvgIpc) is 2.78. The Morgan fingerprint density at radius 1 is 0.714 bits per heavy atom. The lowest BCUT2D eigenvalue weighted by molar-refractivity contribution is -0.254. The summed E-state index contributed by atoms with van der Waals surface area (Å²) in [5.74, 6) is -1.87. The molecular weight excluding hydrogens is 468 g/mol. The normalized spacial score (nSPS) is 23.5. The lowest BCUT2D eigenvalue weighted by Gasteiger charge is -2.45. The monoisotopic (exact) mass is 498 g/mol. The number of hydrogen-bond acceptors (Lipinski definition) is 12. The second kappa shape index (κ2) is 12.2. The van der Waals surface area contributed by atoms with Gasteiger partial charge < -0.3 is 37.9 Å². The van der Waals surface area contributed by atoms with Gasteiger partial charge in [-0.25, -0.2) is 0 Å². The molecule has 194 valence electrons. The van der Waals surface area contributed by atoms with Crippen molar-refractivity contribution >= 4 is 23.9 Å². The first-order valence-corrected chi connectivity index (χ1v) is 10.6. The Morgan fingerprint density at radius 2 is 1.20 bits per heavy atom. The molecule has 1 aromatic carbocycles. The highest BCUT2D eigenvalue weighted by Crippen LogP contribution is 2.46. The Morgan fingerprint density at radius 3 is 1.63 bits per heavy atom. The van der Waals surface area contributed by atoms with E-state index in [1.54, 1.807) is 12.1 Å². The maximum Gasteiger partial charge on any atom is 0.303 e. The van der Waals surface area contributed by atoms with Gasteiger partial charge in [-0.2, -0.15) is 0 Å². The molecule has 5 atom stereocenters. The summed E-state index contributed by atoms with van der Waals surface area (Å²) in [6.07, 6.45) is -6.17. The fraction of sp³-hybridized carbons (Fsp3) is 0.565. The van der Waals surface area contributed by atoms with E-state index in [0.717, 1.165) is 20.8 Å². The SMILES string of the molecule is COc1cc(OC)c([C@@H]2OC(COC(C)=O)[C@@H](OC(C)=O)C(OC(C)=O)C2OC(C)=O)c(OC)c1. The molecule has 0 aliphatic carbocycles. The molecule has 1 heterocycles. The second-order valence-electron chi connectivity index (χ2n) is 7.57. The van der Waals surface area contributed by atoms with Gasteiger partial charge in [0.05, 0.1) is 26.9 Å². The lowest BCUT2D eigenvalue weighted by atomic mass is 9.89. The number of hydrogen-bond donors (Lipinski definition) is 0. The molecule has 2 rings (SSSR count). The molecule has 1 saturated heterocycles. The van der Waals surface area contributed by atoms with Gasteiger partial charge in [0.15, 0.2) is 18.3 Å². The van der Waals surface area contributed by atoms with Crippen LogP contribution in [0.3, 0.4) is 0 Å². The highest BCUT2D eigenvalue weighted by Gasteiger charge is 2.53. The Hall–Kier alpha value is -3.54. The number of ether oxygens (including phenoxy) is 8. The molecule has 35 heavy (non-hydrogen) atoms. The zero-order valence-electron chi connectivity index (χ0n) is 20.6. The van der Waals surface area contributed by atoms with E-state index in [1.807, 2.05) is 0 Å². The van der Waals surface area contributed by atoms with Crippen molar-refractivity contribution < 1.29 is 57.1 Å². The Kier molecular flexibility index (Phi) is 9.69. The zero-order chi connectivity index (χ0) is 26.3. The Balaban J connectivity index is 2.74. The van der Waals surface area contributed by atoms with Crippen molar-refractivity contribution in [3.05, 3.63) is 17.7 Å². The average molecular weight is 498 g/mol. The van der Waals surface area contributed by atoms with Gasteiger partial charge in [-0.05, 0) is 0 Å². The third-order valence-electron chi connectivity index (χ3n) is 5.03. The minimum Gasteiger partial charge on any atom is -0.496 e. The predicted molar refractivity (Wildman–Crippen MR) is 117 cm³/mol. The van der Waals surface area contributed by atoms with Crippen molar-refractivity contribution in [1.82, 2.24) is 0 Å². The van der Waals surface area contributed by atoms with Gasteiger partial charge >= 0.3 is 23.9 Å². The summed E-state index contributed by atoms with van der Waals surface area (Å²) < 4.78 is 44.0. The fourth-order valence-corrected chi connectivity index (χ4v) is 3.77. The molecule has 0 N–H and O–H groups in total. The summed E-state index contributed by atoms with van der Waals surface area (Å²) >= 11 is 0. The van der Waals surface area contributed by atoms with Crippen LogP contribution in [-0.4, -0.2) is 76.2 Å². The third kappa shape index (κ3) is 6.98. The van der Waals surface area contributed by atoms with Crippen LogP contribution in [0.15, 0.2) is 12.1 Å². The van der Waals surface area contributed by atoms with Gasteiger partial charge in [-0.1, -0.05) is 0 Å². The molecule has 1 aliphatic rings. The summed E-state index contributed by atoms with van der Waals surface area (Å²) in [5, 5.41) is 0. The van der Waals surface area contributed by atoms with Gasteiger partial charge in [0.25, 0.3) is 0 Å². The van der Waals surface area contributed by atoms with E-state index >= 15 is 0 Å². The molecule has 1 aliphatic heterocycles. The molecule has 12 nitrogen and oxygen atoms in total. The summed E-state index contributed by atoms with van der Waals surface area (Å²) in [5.41, 5.74) is 0.299. The van der Waals surface area contributed by atoms with E-state index < -0.39 is 54.4 Å². The number of rotatable bonds is 9. The highest BCUT2D eigenvalue weighted by molar-refractivity contribution is 5.69. The molecule has 0 amide bonds. The number of carbonyl (C=O) groups excluding carboxylic acids is 4. The number of esters is 4. The minimum atomic E-state index is -1.32. The molecular formula is C23H30O12. The Labute approximate surface area is 202 Å². The first-order valence-electron chi connectivity index (χ1n) is 10.6. The van der Waals surface area contributed by atoms with Crippen LogP contribution in [0.5, 0.6) is 17.2 Å². The van der Waals surface area contributed by atoms with Crippen LogP contribution in [0, 0.1) is 0 Å². The first kappa shape index (κ1) is 27.7. The summed E-state index contributed by atoms with van der Waals surface area (Å²) in [6.45, 7) is 4.30. The van der Waals surface area contributed by atoms with Crippen LogP contribution in [-0.2, 0) is 42.9 Å². The predicted octanol–water partition coefficient (Wildman–Crippen LogP) is 1.51. The lowest BCUT2D eigenvalue weighted by Crippen LogP contribution is -2.59. The maximum atomic E-state index is 12.1. The molecule has 0 saturated carbocycles. The first-order chi connectivity index (χ1) is 16.5. The molecule has 0 aromatic heterocycles. The summed E-state index contributed by atoms with van der Waals surface area (Å²) in [4.78, 5) is 47.5. The van der Waals surface area contributed by atoms with E-state index in [9.17, 15) is 19.2 Å². The molecule has 12 heteroatoms. The van der Waals surface area contributed by atoms with Gasteiger partial charge in [-0.3, -0.25) is 19.2 Å². The standard InChI is InChI=1S/C23H30O12/c1-11(24)31-10-18-20(32-12(2)25)22(33-13(3)26)23(34-14(4)27)21(35-18)19-16(29-6)8-15(28-5)9-17(19)30-7/h8-9,18,20-23H,10H2,1-7H3/t18?,20-,21+,22?,23?/m1/s1. The smallest absolute Gasteiger partial charge is 0.303 e. The van der Waals surface area contributed by atoms with E-state index in [4.69, 9.17) is 37.9 Å². The molecule has 1 aromatic rings. The van der Waals surface area contributed by atoms with Crippen molar-refractivity contribution in [1.29, 1.82) is 0 Å². The van der Waals surface area contributed by atoms with Crippen molar-refractivity contribution in [3.63, 3.8) is 0 Å². The van der Waals surface area contributed by atoms with Crippen LogP contribution in [0.4, 0.5) is 0 Å². The van der Waals surface area contributed by atoms with Crippen molar-refractivity contribution in [2.45, 2.75) is 58.2 Å². The van der Waals surface area contributed by atoms with Gasteiger partial charge in [0.1, 0.15) is 36.1 Å². The topological polar surface area (TPSA) is 142 Å². The minimum absolute atomic E-state index is 0.252. The number of benzene rings is 1. The van der Waals surface area contributed by atoms with Crippen LogP contribution < -0.4 is 14.2 Å². The molecule has 1 fully saturated rings. The van der Waals surface area contributed by atoms with Crippen molar-refractivity contribution in [2.75, 3.05) is 27.9 Å². The number of carbonyl (C=O) groups is 4.